The number of nitro benzene ring substituents is 1. The fourth-order valence-corrected chi connectivity index (χ4v) is 1.94. The molecule has 2 aromatic carbocycles. The van der Waals surface area contributed by atoms with E-state index in [1.807, 2.05) is 30.3 Å². The predicted molar refractivity (Wildman–Crippen MR) is 79.4 cm³/mol. The van der Waals surface area contributed by atoms with Crippen LogP contribution in [-0.4, -0.2) is 10.1 Å². The van der Waals surface area contributed by atoms with Gasteiger partial charge in [-0.2, -0.15) is 0 Å². The maximum absolute atomic E-state index is 10.6. The summed E-state index contributed by atoms with van der Waals surface area (Å²) in [4.78, 5) is 10.1. The fraction of sp³-hybridized carbons (Fsp3) is 0.0625. The van der Waals surface area contributed by atoms with E-state index in [9.17, 15) is 10.1 Å². The average Bonchev–Trinajstić information content (AvgIpc) is 3.03. The molecule has 0 radical (unpaired) electrons. The Morgan fingerprint density at radius 3 is 2.50 bits per heavy atom. The van der Waals surface area contributed by atoms with E-state index < -0.39 is 4.92 Å². The Balaban J connectivity index is 1.65. The molecule has 110 valence electrons. The molecular weight excluding hydrogens is 284 g/mol. The zero-order valence-electron chi connectivity index (χ0n) is 11.5. The van der Waals surface area contributed by atoms with Gasteiger partial charge in [-0.15, -0.1) is 0 Å². The van der Waals surface area contributed by atoms with Crippen molar-refractivity contribution >= 4 is 5.69 Å². The molecule has 22 heavy (non-hydrogen) atoms. The number of benzene rings is 2. The van der Waals surface area contributed by atoms with Gasteiger partial charge in [0.15, 0.2) is 5.76 Å². The van der Waals surface area contributed by atoms with E-state index >= 15 is 0 Å². The minimum Gasteiger partial charge on any atom is -0.487 e. The topological polar surface area (TPSA) is 78.4 Å². The molecule has 0 N–H and O–H groups in total. The van der Waals surface area contributed by atoms with Crippen LogP contribution in [0.25, 0.3) is 11.3 Å². The van der Waals surface area contributed by atoms with E-state index in [4.69, 9.17) is 9.26 Å². The largest absolute Gasteiger partial charge is 0.487 e. The Hall–Kier alpha value is -3.15. The Morgan fingerprint density at radius 2 is 1.82 bits per heavy atom. The van der Waals surface area contributed by atoms with E-state index in [0.29, 0.717) is 17.2 Å². The number of aromatic nitrogens is 1. The van der Waals surface area contributed by atoms with Crippen LogP contribution in [0.1, 0.15) is 5.69 Å². The number of hydrogen-bond donors (Lipinski definition) is 0. The van der Waals surface area contributed by atoms with Gasteiger partial charge in [-0.25, -0.2) is 0 Å². The second kappa shape index (κ2) is 6.09. The molecule has 6 heteroatoms. The molecule has 0 aliphatic heterocycles. The van der Waals surface area contributed by atoms with Gasteiger partial charge in [0.25, 0.3) is 5.69 Å². The smallest absolute Gasteiger partial charge is 0.269 e. The predicted octanol–water partition coefficient (Wildman–Crippen LogP) is 3.83. The summed E-state index contributed by atoms with van der Waals surface area (Å²) >= 11 is 0. The molecule has 1 aromatic heterocycles. The van der Waals surface area contributed by atoms with Crippen LogP contribution in [0.15, 0.2) is 65.2 Å². The third-order valence-corrected chi connectivity index (χ3v) is 3.05. The second-order valence-corrected chi connectivity index (χ2v) is 4.59. The molecule has 0 atom stereocenters. The van der Waals surface area contributed by atoms with Gasteiger partial charge >= 0.3 is 0 Å². The third-order valence-electron chi connectivity index (χ3n) is 3.05. The lowest BCUT2D eigenvalue weighted by Gasteiger charge is -2.02. The molecule has 3 aromatic rings. The number of hydrogen-bond acceptors (Lipinski definition) is 5. The fourth-order valence-electron chi connectivity index (χ4n) is 1.94. The van der Waals surface area contributed by atoms with E-state index in [1.54, 1.807) is 18.2 Å². The van der Waals surface area contributed by atoms with Crippen molar-refractivity contribution in [3.63, 3.8) is 0 Å². The number of non-ortho nitro benzene ring substituents is 1. The van der Waals surface area contributed by atoms with Crippen LogP contribution in [0.3, 0.4) is 0 Å². The van der Waals surface area contributed by atoms with E-state index in [0.717, 1.165) is 5.56 Å². The second-order valence-electron chi connectivity index (χ2n) is 4.59. The highest BCUT2D eigenvalue weighted by atomic mass is 16.6. The highest BCUT2D eigenvalue weighted by molar-refractivity contribution is 5.56. The quantitative estimate of drug-likeness (QED) is 0.528. The number of nitrogens with zero attached hydrogens (tertiary/aromatic N) is 2. The summed E-state index contributed by atoms with van der Waals surface area (Å²) < 4.78 is 10.8. The third kappa shape index (κ3) is 3.12. The number of nitro groups is 1. The molecule has 0 spiro atoms. The molecule has 0 amide bonds. The highest BCUT2D eigenvalue weighted by Crippen LogP contribution is 2.21. The monoisotopic (exact) mass is 296 g/mol. The summed E-state index contributed by atoms with van der Waals surface area (Å²) in [6.45, 7) is 0.230. The van der Waals surface area contributed by atoms with Crippen molar-refractivity contribution in [3.8, 4) is 17.1 Å². The van der Waals surface area contributed by atoms with Gasteiger partial charge in [0.1, 0.15) is 18.1 Å². The molecule has 6 nitrogen and oxygen atoms in total. The van der Waals surface area contributed by atoms with Gasteiger partial charge in [-0.05, 0) is 12.1 Å². The molecule has 0 aliphatic carbocycles. The summed E-state index contributed by atoms with van der Waals surface area (Å²) in [6.07, 6.45) is 0. The first-order chi connectivity index (χ1) is 10.7. The van der Waals surface area contributed by atoms with Gasteiger partial charge < -0.3 is 9.26 Å². The summed E-state index contributed by atoms with van der Waals surface area (Å²) in [7, 11) is 0. The molecule has 0 bridgehead atoms. The lowest BCUT2D eigenvalue weighted by molar-refractivity contribution is -0.384. The van der Waals surface area contributed by atoms with Crippen molar-refractivity contribution in [1.29, 1.82) is 0 Å². The van der Waals surface area contributed by atoms with Gasteiger partial charge in [0.05, 0.1) is 4.92 Å². The maximum Gasteiger partial charge on any atom is 0.269 e. The van der Waals surface area contributed by atoms with Crippen LogP contribution < -0.4 is 4.74 Å². The molecule has 1 heterocycles. The summed E-state index contributed by atoms with van der Waals surface area (Å²) in [5.74, 6) is 1.21. The van der Waals surface area contributed by atoms with Crippen LogP contribution >= 0.6 is 0 Å². The molecule has 0 aliphatic rings. The van der Waals surface area contributed by atoms with Crippen LogP contribution in [0.5, 0.6) is 5.75 Å². The Bertz CT molecular complexity index is 766. The lowest BCUT2D eigenvalue weighted by Crippen LogP contribution is -1.95. The molecule has 0 saturated heterocycles. The summed E-state index contributed by atoms with van der Waals surface area (Å²) in [5, 5.41) is 14.5. The lowest BCUT2D eigenvalue weighted by atomic mass is 10.2. The molecular formula is C16H12N2O4. The first-order valence-electron chi connectivity index (χ1n) is 6.60. The Kier molecular flexibility index (Phi) is 3.82. The first-order valence-corrected chi connectivity index (χ1v) is 6.60. The van der Waals surface area contributed by atoms with Crippen LogP contribution in [0.2, 0.25) is 0 Å². The molecule has 0 saturated carbocycles. The van der Waals surface area contributed by atoms with Crippen LogP contribution in [0, 0.1) is 10.1 Å². The minimum absolute atomic E-state index is 0.0279. The maximum atomic E-state index is 10.6. The van der Waals surface area contributed by atoms with Crippen LogP contribution in [-0.2, 0) is 6.61 Å². The van der Waals surface area contributed by atoms with Gasteiger partial charge in [0.2, 0.25) is 0 Å². The van der Waals surface area contributed by atoms with Crippen molar-refractivity contribution in [2.75, 3.05) is 0 Å². The SMILES string of the molecule is O=[N+]([O-])c1ccc(OCc2cc(-c3ccccc3)on2)cc1. The molecule has 0 unspecified atom stereocenters. The highest BCUT2D eigenvalue weighted by Gasteiger charge is 2.08. The summed E-state index contributed by atoms with van der Waals surface area (Å²) in [6, 6.07) is 17.3. The zero-order chi connectivity index (χ0) is 15.4. The number of rotatable bonds is 5. The van der Waals surface area contributed by atoms with Crippen LogP contribution in [0.4, 0.5) is 5.69 Å². The van der Waals surface area contributed by atoms with Gasteiger partial charge in [-0.3, -0.25) is 10.1 Å². The van der Waals surface area contributed by atoms with Gasteiger partial charge in [0, 0.05) is 23.8 Å². The normalized spacial score (nSPS) is 10.4. The standard InChI is InChI=1S/C16H12N2O4/c19-18(20)14-6-8-15(9-7-14)21-11-13-10-16(22-17-13)12-4-2-1-3-5-12/h1-10H,11H2. The first kappa shape index (κ1) is 13.8. The Morgan fingerprint density at radius 1 is 1.09 bits per heavy atom. The minimum atomic E-state index is -0.451. The van der Waals surface area contributed by atoms with Crippen molar-refractivity contribution in [2.24, 2.45) is 0 Å². The van der Waals surface area contributed by atoms with E-state index in [2.05, 4.69) is 5.16 Å². The van der Waals surface area contributed by atoms with Crippen molar-refractivity contribution in [1.82, 2.24) is 5.16 Å². The van der Waals surface area contributed by atoms with Crippen molar-refractivity contribution in [3.05, 3.63) is 76.5 Å². The van der Waals surface area contributed by atoms with Crippen molar-refractivity contribution in [2.45, 2.75) is 6.61 Å². The Labute approximate surface area is 126 Å². The van der Waals surface area contributed by atoms with Crippen molar-refractivity contribution < 1.29 is 14.2 Å². The zero-order valence-corrected chi connectivity index (χ0v) is 11.5. The molecule has 3 rings (SSSR count). The van der Waals surface area contributed by atoms with Gasteiger partial charge in [-0.1, -0.05) is 35.5 Å². The average molecular weight is 296 g/mol. The summed E-state index contributed by atoms with van der Waals surface area (Å²) in [5.41, 5.74) is 1.62. The molecule has 0 fully saturated rings. The number of ether oxygens (including phenoxy) is 1. The van der Waals surface area contributed by atoms with E-state index in [1.165, 1.54) is 12.1 Å². The van der Waals surface area contributed by atoms with E-state index in [-0.39, 0.29) is 12.3 Å².